The highest BCUT2D eigenvalue weighted by Crippen LogP contribution is 2.35. The smallest absolute Gasteiger partial charge is 0.255 e. The Hall–Kier alpha value is -3.48. The summed E-state index contributed by atoms with van der Waals surface area (Å²) >= 11 is 0. The summed E-state index contributed by atoms with van der Waals surface area (Å²) in [4.78, 5) is 21.6. The number of carbonyl (C=O) groups excluding carboxylic acids is 1. The molecular formula is C20H20N6O. The molecule has 136 valence electrons. The number of allylic oxidation sites excluding steroid dienone is 1. The Morgan fingerprint density at radius 3 is 2.67 bits per heavy atom. The summed E-state index contributed by atoms with van der Waals surface area (Å²) in [6.45, 7) is 5.89. The molecule has 0 saturated carbocycles. The van der Waals surface area contributed by atoms with Crippen LogP contribution in [-0.2, 0) is 4.79 Å². The lowest BCUT2D eigenvalue weighted by Crippen LogP contribution is -2.31. The fourth-order valence-corrected chi connectivity index (χ4v) is 3.38. The highest BCUT2D eigenvalue weighted by Gasteiger charge is 2.33. The van der Waals surface area contributed by atoms with Gasteiger partial charge in [0.25, 0.3) is 5.91 Å². The van der Waals surface area contributed by atoms with E-state index in [0.29, 0.717) is 11.5 Å². The van der Waals surface area contributed by atoms with Gasteiger partial charge in [-0.15, -0.1) is 0 Å². The van der Waals surface area contributed by atoms with E-state index in [1.54, 1.807) is 17.1 Å². The maximum absolute atomic E-state index is 13.2. The molecular weight excluding hydrogens is 340 g/mol. The molecule has 7 nitrogen and oxygen atoms in total. The number of nitrogens with one attached hydrogen (secondary N) is 2. The fourth-order valence-electron chi connectivity index (χ4n) is 3.38. The van der Waals surface area contributed by atoms with E-state index in [1.165, 1.54) is 6.33 Å². The average molecular weight is 360 g/mol. The zero-order valence-electron chi connectivity index (χ0n) is 15.4. The van der Waals surface area contributed by atoms with Crippen molar-refractivity contribution in [1.82, 2.24) is 19.7 Å². The van der Waals surface area contributed by atoms with Gasteiger partial charge in [-0.2, -0.15) is 10.1 Å². The van der Waals surface area contributed by atoms with Crippen LogP contribution in [0.1, 0.15) is 29.7 Å². The molecule has 7 heteroatoms. The van der Waals surface area contributed by atoms with Crippen LogP contribution in [0, 0.1) is 13.8 Å². The van der Waals surface area contributed by atoms with Gasteiger partial charge in [0.1, 0.15) is 12.4 Å². The lowest BCUT2D eigenvalue weighted by atomic mass is 9.95. The quantitative estimate of drug-likeness (QED) is 0.749. The molecule has 1 aliphatic rings. The van der Waals surface area contributed by atoms with Gasteiger partial charge in [-0.1, -0.05) is 17.7 Å². The number of aromatic nitrogens is 4. The molecule has 0 aliphatic carbocycles. The third-order valence-corrected chi connectivity index (χ3v) is 4.69. The zero-order valence-corrected chi connectivity index (χ0v) is 15.4. The SMILES string of the molecule is CC1=C(C(=O)Nc2ccc(C)cc2C)[C@H](c2ccncc2)n2ncnc2N1. The van der Waals surface area contributed by atoms with Crippen molar-refractivity contribution >= 4 is 17.5 Å². The Morgan fingerprint density at radius 1 is 1.15 bits per heavy atom. The Labute approximate surface area is 157 Å². The number of carbonyl (C=O) groups is 1. The maximum atomic E-state index is 13.2. The first-order chi connectivity index (χ1) is 13.0. The van der Waals surface area contributed by atoms with Crippen molar-refractivity contribution in [1.29, 1.82) is 0 Å². The molecule has 3 aromatic rings. The van der Waals surface area contributed by atoms with Gasteiger partial charge in [-0.3, -0.25) is 9.78 Å². The van der Waals surface area contributed by atoms with Crippen molar-refractivity contribution in [3.05, 3.63) is 77.0 Å². The van der Waals surface area contributed by atoms with E-state index in [2.05, 4.69) is 25.7 Å². The lowest BCUT2D eigenvalue weighted by Gasteiger charge is -2.28. The molecule has 2 N–H and O–H groups in total. The van der Waals surface area contributed by atoms with Crippen LogP contribution >= 0.6 is 0 Å². The number of fused-ring (bicyclic) bond motifs is 1. The largest absolute Gasteiger partial charge is 0.328 e. The molecule has 27 heavy (non-hydrogen) atoms. The monoisotopic (exact) mass is 360 g/mol. The first kappa shape index (κ1) is 17.0. The van der Waals surface area contributed by atoms with Gasteiger partial charge in [0.15, 0.2) is 0 Å². The summed E-state index contributed by atoms with van der Waals surface area (Å²) in [5, 5.41) is 10.5. The molecule has 3 heterocycles. The van der Waals surface area contributed by atoms with Crippen molar-refractivity contribution in [3.63, 3.8) is 0 Å². The topological polar surface area (TPSA) is 84.7 Å². The summed E-state index contributed by atoms with van der Waals surface area (Å²) in [6.07, 6.45) is 4.90. The van der Waals surface area contributed by atoms with Crippen molar-refractivity contribution in [2.24, 2.45) is 0 Å². The molecule has 2 aromatic heterocycles. The molecule has 4 rings (SSSR count). The summed E-state index contributed by atoms with van der Waals surface area (Å²) < 4.78 is 1.72. The Kier molecular flexibility index (Phi) is 4.19. The number of amides is 1. The van der Waals surface area contributed by atoms with E-state index in [1.807, 2.05) is 51.1 Å². The maximum Gasteiger partial charge on any atom is 0.255 e. The molecule has 0 fully saturated rings. The Bertz CT molecular complexity index is 1040. The molecule has 0 bridgehead atoms. The van der Waals surface area contributed by atoms with E-state index in [9.17, 15) is 4.79 Å². The molecule has 0 spiro atoms. The van der Waals surface area contributed by atoms with Gasteiger partial charge < -0.3 is 10.6 Å². The molecule has 1 atom stereocenters. The highest BCUT2D eigenvalue weighted by molar-refractivity contribution is 6.06. The predicted molar refractivity (Wildman–Crippen MR) is 103 cm³/mol. The first-order valence-corrected chi connectivity index (χ1v) is 8.70. The van der Waals surface area contributed by atoms with Crippen LogP contribution < -0.4 is 10.6 Å². The third kappa shape index (κ3) is 3.08. The van der Waals surface area contributed by atoms with Crippen LogP contribution in [0.25, 0.3) is 0 Å². The van der Waals surface area contributed by atoms with Gasteiger partial charge in [-0.05, 0) is 50.1 Å². The second-order valence-electron chi connectivity index (χ2n) is 6.65. The first-order valence-electron chi connectivity index (χ1n) is 8.70. The van der Waals surface area contributed by atoms with Gasteiger partial charge in [0, 0.05) is 23.8 Å². The number of rotatable bonds is 3. The second-order valence-corrected chi connectivity index (χ2v) is 6.65. The van der Waals surface area contributed by atoms with Gasteiger partial charge >= 0.3 is 0 Å². The van der Waals surface area contributed by atoms with E-state index in [0.717, 1.165) is 28.1 Å². The van der Waals surface area contributed by atoms with Gasteiger partial charge in [0.2, 0.25) is 5.95 Å². The molecule has 1 aliphatic heterocycles. The van der Waals surface area contributed by atoms with Crippen molar-refractivity contribution in [2.45, 2.75) is 26.8 Å². The van der Waals surface area contributed by atoms with Crippen LogP contribution in [-0.4, -0.2) is 25.7 Å². The summed E-state index contributed by atoms with van der Waals surface area (Å²) in [6, 6.07) is 9.36. The summed E-state index contributed by atoms with van der Waals surface area (Å²) in [5.41, 5.74) is 5.24. The highest BCUT2D eigenvalue weighted by atomic mass is 16.1. The normalized spacial score (nSPS) is 15.9. The molecule has 1 amide bonds. The number of anilines is 2. The third-order valence-electron chi connectivity index (χ3n) is 4.69. The van der Waals surface area contributed by atoms with Gasteiger partial charge in [-0.25, -0.2) is 4.68 Å². The zero-order chi connectivity index (χ0) is 19.0. The Balaban J connectivity index is 1.75. The van der Waals surface area contributed by atoms with Crippen molar-refractivity contribution < 1.29 is 4.79 Å². The molecule has 0 radical (unpaired) electrons. The second kappa shape index (κ2) is 6.68. The minimum Gasteiger partial charge on any atom is -0.328 e. The van der Waals surface area contributed by atoms with Crippen LogP contribution in [0.2, 0.25) is 0 Å². The van der Waals surface area contributed by atoms with E-state index >= 15 is 0 Å². The summed E-state index contributed by atoms with van der Waals surface area (Å²) in [5.74, 6) is 0.437. The standard InChI is InChI=1S/C20H20N6O/c1-12-4-5-16(13(2)10-12)25-19(27)17-14(3)24-20-22-11-23-26(20)18(17)15-6-8-21-9-7-15/h4-11,18H,1-3H3,(H,25,27)(H,22,23,24)/t18-/m0/s1. The number of hydrogen-bond acceptors (Lipinski definition) is 5. The van der Waals surface area contributed by atoms with E-state index in [-0.39, 0.29) is 11.9 Å². The fraction of sp³-hybridized carbons (Fsp3) is 0.200. The van der Waals surface area contributed by atoms with Crippen LogP contribution in [0.3, 0.4) is 0 Å². The molecule has 0 unspecified atom stereocenters. The molecule has 0 saturated heterocycles. The number of benzene rings is 1. The average Bonchev–Trinajstić information content (AvgIpc) is 3.11. The Morgan fingerprint density at radius 2 is 1.93 bits per heavy atom. The summed E-state index contributed by atoms with van der Waals surface area (Å²) in [7, 11) is 0. The van der Waals surface area contributed by atoms with E-state index < -0.39 is 0 Å². The van der Waals surface area contributed by atoms with Crippen LogP contribution in [0.4, 0.5) is 11.6 Å². The number of nitrogens with zero attached hydrogens (tertiary/aromatic N) is 4. The van der Waals surface area contributed by atoms with Crippen molar-refractivity contribution in [3.8, 4) is 0 Å². The number of hydrogen-bond donors (Lipinski definition) is 2. The lowest BCUT2D eigenvalue weighted by molar-refractivity contribution is -0.113. The minimum absolute atomic E-state index is 0.171. The van der Waals surface area contributed by atoms with E-state index in [4.69, 9.17) is 0 Å². The number of aryl methyl sites for hydroxylation is 2. The predicted octanol–water partition coefficient (Wildman–Crippen LogP) is 3.22. The van der Waals surface area contributed by atoms with Gasteiger partial charge in [0.05, 0.1) is 5.57 Å². The van der Waals surface area contributed by atoms with Crippen molar-refractivity contribution in [2.75, 3.05) is 10.6 Å². The molecule has 1 aromatic carbocycles. The number of pyridine rings is 1. The van der Waals surface area contributed by atoms with Crippen LogP contribution in [0.15, 0.2) is 60.3 Å². The minimum atomic E-state index is -0.377. The van der Waals surface area contributed by atoms with Crippen LogP contribution in [0.5, 0.6) is 0 Å².